The first-order valence-corrected chi connectivity index (χ1v) is 10.1. The maximum Gasteiger partial charge on any atom is 0.308 e. The molecule has 2 nitrogen and oxygen atoms in total. The van der Waals surface area contributed by atoms with E-state index in [-0.39, 0.29) is 11.9 Å². The summed E-state index contributed by atoms with van der Waals surface area (Å²) in [6.07, 6.45) is 11.8. The number of hydrogen-bond acceptors (Lipinski definition) is 2. The van der Waals surface area contributed by atoms with Crippen molar-refractivity contribution >= 4 is 5.97 Å². The summed E-state index contributed by atoms with van der Waals surface area (Å²) in [6.45, 7) is 13.9. The lowest BCUT2D eigenvalue weighted by Gasteiger charge is -2.32. The van der Waals surface area contributed by atoms with E-state index in [1.807, 2.05) is 6.92 Å². The molecular formula is C21H42O2. The molecule has 0 fully saturated rings. The first-order chi connectivity index (χ1) is 11.0. The molecule has 0 N–H and O–H groups in total. The summed E-state index contributed by atoms with van der Waals surface area (Å²) < 4.78 is 5.61. The van der Waals surface area contributed by atoms with Gasteiger partial charge in [-0.05, 0) is 37.0 Å². The van der Waals surface area contributed by atoms with Gasteiger partial charge in [-0.2, -0.15) is 0 Å². The average Bonchev–Trinajstić information content (AvgIpc) is 2.58. The molecule has 0 saturated carbocycles. The van der Waals surface area contributed by atoms with Crippen LogP contribution in [0.5, 0.6) is 0 Å². The standard InChI is InChI=1S/C21H42O2/c1-7-12-13-19(9-3)17-23-20(22)18(6)14-16-21(10-4,11-5)15-8-2/h18-19H,7-17H2,1-6H3. The van der Waals surface area contributed by atoms with E-state index in [2.05, 4.69) is 34.6 Å². The monoisotopic (exact) mass is 326 g/mol. The molecule has 0 aromatic heterocycles. The molecule has 0 aromatic carbocycles. The van der Waals surface area contributed by atoms with Gasteiger partial charge in [-0.25, -0.2) is 0 Å². The zero-order valence-corrected chi connectivity index (χ0v) is 16.7. The molecule has 0 saturated heterocycles. The Bertz CT molecular complexity index is 294. The third-order valence-corrected chi connectivity index (χ3v) is 5.79. The molecule has 2 heteroatoms. The van der Waals surface area contributed by atoms with Gasteiger partial charge in [0.2, 0.25) is 0 Å². The summed E-state index contributed by atoms with van der Waals surface area (Å²) in [4.78, 5) is 12.3. The fourth-order valence-electron chi connectivity index (χ4n) is 3.49. The van der Waals surface area contributed by atoms with Crippen LogP contribution in [-0.4, -0.2) is 12.6 Å². The van der Waals surface area contributed by atoms with Gasteiger partial charge in [0.05, 0.1) is 12.5 Å². The number of esters is 1. The second kappa shape index (κ2) is 12.8. The molecule has 0 heterocycles. The molecule has 2 unspecified atom stereocenters. The van der Waals surface area contributed by atoms with Gasteiger partial charge in [0.15, 0.2) is 0 Å². The van der Waals surface area contributed by atoms with Gasteiger partial charge in [-0.3, -0.25) is 4.79 Å². The molecule has 138 valence electrons. The number of unbranched alkanes of at least 4 members (excludes halogenated alkanes) is 1. The van der Waals surface area contributed by atoms with Crippen molar-refractivity contribution < 1.29 is 9.53 Å². The van der Waals surface area contributed by atoms with Crippen molar-refractivity contribution in [3.05, 3.63) is 0 Å². The van der Waals surface area contributed by atoms with Crippen LogP contribution in [0.25, 0.3) is 0 Å². The Balaban J connectivity index is 4.28. The first kappa shape index (κ1) is 22.5. The van der Waals surface area contributed by atoms with Crippen LogP contribution in [-0.2, 0) is 9.53 Å². The summed E-state index contributed by atoms with van der Waals surface area (Å²) in [6, 6.07) is 0. The molecule has 23 heavy (non-hydrogen) atoms. The zero-order valence-electron chi connectivity index (χ0n) is 16.7. The second-order valence-electron chi connectivity index (χ2n) is 7.44. The van der Waals surface area contributed by atoms with Crippen molar-refractivity contribution in [2.75, 3.05) is 6.61 Å². The van der Waals surface area contributed by atoms with Gasteiger partial charge in [-0.15, -0.1) is 0 Å². The summed E-state index contributed by atoms with van der Waals surface area (Å²) in [5, 5.41) is 0. The maximum atomic E-state index is 12.3. The molecule has 2 atom stereocenters. The predicted octanol–water partition coefficient (Wildman–Crippen LogP) is 6.77. The van der Waals surface area contributed by atoms with E-state index >= 15 is 0 Å². The Hall–Kier alpha value is -0.530. The molecule has 0 radical (unpaired) electrons. The Morgan fingerprint density at radius 3 is 2.09 bits per heavy atom. The van der Waals surface area contributed by atoms with Gasteiger partial charge >= 0.3 is 5.97 Å². The van der Waals surface area contributed by atoms with Crippen molar-refractivity contribution in [3.8, 4) is 0 Å². The van der Waals surface area contributed by atoms with E-state index in [0.29, 0.717) is 17.9 Å². The number of ether oxygens (including phenoxy) is 1. The number of carbonyl (C=O) groups excluding carboxylic acids is 1. The smallest absolute Gasteiger partial charge is 0.308 e. The van der Waals surface area contributed by atoms with E-state index < -0.39 is 0 Å². The lowest BCUT2D eigenvalue weighted by Crippen LogP contribution is -2.23. The Morgan fingerprint density at radius 2 is 1.61 bits per heavy atom. The minimum absolute atomic E-state index is 0.0116. The lowest BCUT2D eigenvalue weighted by atomic mass is 9.73. The predicted molar refractivity (Wildman–Crippen MR) is 101 cm³/mol. The highest BCUT2D eigenvalue weighted by atomic mass is 16.5. The molecule has 0 spiro atoms. The number of carbonyl (C=O) groups is 1. The molecule has 0 aliphatic rings. The van der Waals surface area contributed by atoms with E-state index in [0.717, 1.165) is 19.3 Å². The van der Waals surface area contributed by atoms with Gasteiger partial charge in [0, 0.05) is 0 Å². The van der Waals surface area contributed by atoms with Gasteiger partial charge in [0.1, 0.15) is 0 Å². The van der Waals surface area contributed by atoms with E-state index in [1.54, 1.807) is 0 Å². The number of hydrogen-bond donors (Lipinski definition) is 0. The van der Waals surface area contributed by atoms with E-state index in [1.165, 1.54) is 44.9 Å². The maximum absolute atomic E-state index is 12.3. The van der Waals surface area contributed by atoms with Crippen LogP contribution in [0, 0.1) is 17.3 Å². The normalized spacial score (nSPS) is 14.5. The SMILES string of the molecule is CCCCC(CC)COC(=O)C(C)CCC(CC)(CC)CCC. The van der Waals surface area contributed by atoms with Crippen molar-refractivity contribution in [1.82, 2.24) is 0 Å². The van der Waals surface area contributed by atoms with E-state index in [9.17, 15) is 4.79 Å². The van der Waals surface area contributed by atoms with Gasteiger partial charge in [-0.1, -0.05) is 80.1 Å². The highest BCUT2D eigenvalue weighted by Gasteiger charge is 2.27. The van der Waals surface area contributed by atoms with Gasteiger partial charge < -0.3 is 4.74 Å². The Labute approximate surface area is 145 Å². The van der Waals surface area contributed by atoms with Crippen LogP contribution in [0.4, 0.5) is 0 Å². The van der Waals surface area contributed by atoms with Gasteiger partial charge in [0.25, 0.3) is 0 Å². The average molecular weight is 327 g/mol. The summed E-state index contributed by atoms with van der Waals surface area (Å²) in [7, 11) is 0. The highest BCUT2D eigenvalue weighted by molar-refractivity contribution is 5.71. The lowest BCUT2D eigenvalue weighted by molar-refractivity contribution is -0.149. The molecule has 0 aliphatic carbocycles. The quantitative estimate of drug-likeness (QED) is 0.329. The Kier molecular flexibility index (Phi) is 12.5. The fraction of sp³-hybridized carbons (Fsp3) is 0.952. The van der Waals surface area contributed by atoms with Crippen molar-refractivity contribution in [3.63, 3.8) is 0 Å². The molecule has 0 rings (SSSR count). The molecule has 0 aliphatic heterocycles. The van der Waals surface area contributed by atoms with Crippen LogP contribution in [0.1, 0.15) is 106 Å². The molecule has 0 aromatic rings. The summed E-state index contributed by atoms with van der Waals surface area (Å²) in [5.74, 6) is 0.585. The third kappa shape index (κ3) is 8.77. The molecule has 0 bridgehead atoms. The summed E-state index contributed by atoms with van der Waals surface area (Å²) >= 11 is 0. The van der Waals surface area contributed by atoms with Crippen molar-refractivity contribution in [2.45, 2.75) is 106 Å². The molecule has 0 amide bonds. The Morgan fingerprint density at radius 1 is 0.957 bits per heavy atom. The topological polar surface area (TPSA) is 26.3 Å². The third-order valence-electron chi connectivity index (χ3n) is 5.79. The van der Waals surface area contributed by atoms with Crippen LogP contribution in [0.15, 0.2) is 0 Å². The zero-order chi connectivity index (χ0) is 17.7. The molecular weight excluding hydrogens is 284 g/mol. The highest BCUT2D eigenvalue weighted by Crippen LogP contribution is 2.38. The number of rotatable bonds is 14. The van der Waals surface area contributed by atoms with Crippen LogP contribution < -0.4 is 0 Å². The van der Waals surface area contributed by atoms with Crippen molar-refractivity contribution in [1.29, 1.82) is 0 Å². The first-order valence-electron chi connectivity index (χ1n) is 10.1. The van der Waals surface area contributed by atoms with Crippen LogP contribution in [0.3, 0.4) is 0 Å². The van der Waals surface area contributed by atoms with Crippen LogP contribution >= 0.6 is 0 Å². The fourth-order valence-corrected chi connectivity index (χ4v) is 3.49. The minimum atomic E-state index is 0.0116. The second-order valence-corrected chi connectivity index (χ2v) is 7.44. The van der Waals surface area contributed by atoms with Crippen LogP contribution in [0.2, 0.25) is 0 Å². The summed E-state index contributed by atoms with van der Waals surface area (Å²) in [5.41, 5.74) is 0.427. The largest absolute Gasteiger partial charge is 0.465 e. The van der Waals surface area contributed by atoms with E-state index in [4.69, 9.17) is 4.74 Å². The van der Waals surface area contributed by atoms with Crippen molar-refractivity contribution in [2.24, 2.45) is 17.3 Å². The minimum Gasteiger partial charge on any atom is -0.465 e.